The molecule has 0 aliphatic heterocycles. The van der Waals surface area contributed by atoms with Crippen molar-refractivity contribution in [2.45, 2.75) is 20.0 Å². The fraction of sp³-hybridized carbons (Fsp3) is 0.500. The number of pyridine rings is 1. The van der Waals surface area contributed by atoms with Crippen molar-refractivity contribution in [2.75, 3.05) is 24.2 Å². The van der Waals surface area contributed by atoms with Crippen molar-refractivity contribution >= 4 is 11.5 Å². The van der Waals surface area contributed by atoms with Crippen molar-refractivity contribution in [1.29, 1.82) is 0 Å². The Bertz CT molecular complexity index is 278. The molecule has 3 N–H and O–H groups in total. The molecule has 0 spiro atoms. The molecule has 4 heteroatoms. The Balaban J connectivity index is 2.41. The van der Waals surface area contributed by atoms with Crippen molar-refractivity contribution in [2.24, 2.45) is 0 Å². The van der Waals surface area contributed by atoms with Crippen LogP contribution in [-0.4, -0.2) is 24.2 Å². The van der Waals surface area contributed by atoms with Crippen LogP contribution in [-0.2, 0) is 4.74 Å². The molecular formula is C10H17N3O. The second-order valence-corrected chi connectivity index (χ2v) is 3.09. The molecule has 0 aliphatic carbocycles. The lowest BCUT2D eigenvalue weighted by molar-refractivity contribution is 0.0855. The number of nitrogens with one attached hydrogen (secondary N) is 1. The quantitative estimate of drug-likeness (QED) is 0.747. The predicted molar refractivity (Wildman–Crippen MR) is 58.2 cm³/mol. The molecule has 1 atom stereocenters. The number of ether oxygens (including phenoxy) is 1. The summed E-state index contributed by atoms with van der Waals surface area (Å²) in [6.07, 6.45) is 1.88. The summed E-state index contributed by atoms with van der Waals surface area (Å²) in [6.45, 7) is 5.43. The summed E-state index contributed by atoms with van der Waals surface area (Å²) in [5.41, 5.74) is 6.38. The lowest BCUT2D eigenvalue weighted by atomic mass is 10.3. The summed E-state index contributed by atoms with van der Waals surface area (Å²) < 4.78 is 5.37. The largest absolute Gasteiger partial charge is 0.396 e. The Labute approximate surface area is 84.5 Å². The van der Waals surface area contributed by atoms with Gasteiger partial charge in [-0.2, -0.15) is 0 Å². The number of anilines is 2. The zero-order valence-electron chi connectivity index (χ0n) is 8.66. The number of hydrogen-bond acceptors (Lipinski definition) is 4. The maximum atomic E-state index is 5.71. The van der Waals surface area contributed by atoms with Gasteiger partial charge < -0.3 is 15.8 Å². The number of aromatic nitrogens is 1. The van der Waals surface area contributed by atoms with Gasteiger partial charge in [-0.05, 0) is 26.0 Å². The summed E-state index contributed by atoms with van der Waals surface area (Å²) in [5.74, 6) is 0.721. The van der Waals surface area contributed by atoms with E-state index in [1.807, 2.05) is 26.0 Å². The zero-order chi connectivity index (χ0) is 10.4. The molecule has 4 nitrogen and oxygen atoms in total. The van der Waals surface area contributed by atoms with Crippen LogP contribution in [0.1, 0.15) is 13.8 Å². The summed E-state index contributed by atoms with van der Waals surface area (Å²) in [6, 6.07) is 3.63. The van der Waals surface area contributed by atoms with Crippen molar-refractivity contribution in [3.05, 3.63) is 18.3 Å². The molecule has 0 aliphatic rings. The highest BCUT2D eigenvalue weighted by molar-refractivity contribution is 5.60. The predicted octanol–water partition coefficient (Wildman–Crippen LogP) is 1.50. The highest BCUT2D eigenvalue weighted by Gasteiger charge is 2.02. The van der Waals surface area contributed by atoms with Crippen molar-refractivity contribution in [3.63, 3.8) is 0 Å². The Morgan fingerprint density at radius 3 is 3.07 bits per heavy atom. The van der Waals surface area contributed by atoms with E-state index in [1.54, 1.807) is 6.20 Å². The van der Waals surface area contributed by atoms with Crippen LogP contribution < -0.4 is 11.1 Å². The third kappa shape index (κ3) is 3.22. The molecule has 1 aromatic rings. The molecular weight excluding hydrogens is 178 g/mol. The fourth-order valence-corrected chi connectivity index (χ4v) is 1.15. The maximum absolute atomic E-state index is 5.71. The minimum atomic E-state index is 0.168. The van der Waals surface area contributed by atoms with E-state index in [9.17, 15) is 0 Å². The monoisotopic (exact) mass is 195 g/mol. The molecule has 14 heavy (non-hydrogen) atoms. The second-order valence-electron chi connectivity index (χ2n) is 3.09. The maximum Gasteiger partial charge on any atom is 0.149 e. The molecule has 0 amide bonds. The van der Waals surface area contributed by atoms with Crippen LogP contribution in [0.5, 0.6) is 0 Å². The first kappa shape index (κ1) is 10.8. The van der Waals surface area contributed by atoms with Gasteiger partial charge in [0, 0.05) is 19.3 Å². The Morgan fingerprint density at radius 2 is 2.43 bits per heavy atom. The summed E-state index contributed by atoms with van der Waals surface area (Å²) in [4.78, 5) is 4.12. The fourth-order valence-electron chi connectivity index (χ4n) is 1.15. The first-order valence-corrected chi connectivity index (χ1v) is 4.80. The lowest BCUT2D eigenvalue weighted by Crippen LogP contribution is -2.20. The molecule has 0 radical (unpaired) electrons. The first-order chi connectivity index (χ1) is 6.74. The van der Waals surface area contributed by atoms with Crippen molar-refractivity contribution in [1.82, 2.24) is 4.98 Å². The van der Waals surface area contributed by atoms with E-state index in [4.69, 9.17) is 10.5 Å². The molecule has 1 rings (SSSR count). The number of nitrogens with zero attached hydrogens (tertiary/aromatic N) is 1. The second kappa shape index (κ2) is 5.44. The van der Waals surface area contributed by atoms with Crippen LogP contribution in [0.2, 0.25) is 0 Å². The van der Waals surface area contributed by atoms with Gasteiger partial charge in [0.05, 0.1) is 11.8 Å². The van der Waals surface area contributed by atoms with E-state index < -0.39 is 0 Å². The van der Waals surface area contributed by atoms with E-state index in [1.165, 1.54) is 0 Å². The summed E-state index contributed by atoms with van der Waals surface area (Å²) in [5, 5.41) is 3.14. The summed E-state index contributed by atoms with van der Waals surface area (Å²) in [7, 11) is 0. The topological polar surface area (TPSA) is 60.2 Å². The Hall–Kier alpha value is -1.29. The average Bonchev–Trinajstić information content (AvgIpc) is 2.17. The molecule has 1 aromatic heterocycles. The molecule has 0 saturated carbocycles. The normalized spacial score (nSPS) is 12.4. The highest BCUT2D eigenvalue weighted by atomic mass is 16.5. The van der Waals surface area contributed by atoms with E-state index in [0.29, 0.717) is 5.69 Å². The highest BCUT2D eigenvalue weighted by Crippen LogP contribution is 2.12. The third-order valence-corrected chi connectivity index (χ3v) is 1.85. The number of rotatable bonds is 5. The van der Waals surface area contributed by atoms with E-state index in [-0.39, 0.29) is 6.10 Å². The number of hydrogen-bond donors (Lipinski definition) is 2. The minimum Gasteiger partial charge on any atom is -0.396 e. The zero-order valence-corrected chi connectivity index (χ0v) is 8.66. The van der Waals surface area contributed by atoms with Crippen LogP contribution in [0.15, 0.2) is 18.3 Å². The van der Waals surface area contributed by atoms with Gasteiger partial charge in [0.25, 0.3) is 0 Å². The number of nitrogens with two attached hydrogens (primary N) is 1. The SMILES string of the molecule is CCOC(C)CNc1ncccc1N. The van der Waals surface area contributed by atoms with Gasteiger partial charge in [-0.1, -0.05) is 0 Å². The van der Waals surface area contributed by atoms with Gasteiger partial charge in [-0.3, -0.25) is 0 Å². The van der Waals surface area contributed by atoms with Gasteiger partial charge in [0.1, 0.15) is 5.82 Å². The summed E-state index contributed by atoms with van der Waals surface area (Å²) >= 11 is 0. The average molecular weight is 195 g/mol. The van der Waals surface area contributed by atoms with Crippen LogP contribution in [0.4, 0.5) is 11.5 Å². The van der Waals surface area contributed by atoms with Crippen LogP contribution in [0.25, 0.3) is 0 Å². The Kier molecular flexibility index (Phi) is 4.19. The first-order valence-electron chi connectivity index (χ1n) is 4.80. The third-order valence-electron chi connectivity index (χ3n) is 1.85. The van der Waals surface area contributed by atoms with E-state index >= 15 is 0 Å². The van der Waals surface area contributed by atoms with Crippen LogP contribution in [0, 0.1) is 0 Å². The minimum absolute atomic E-state index is 0.168. The smallest absolute Gasteiger partial charge is 0.149 e. The molecule has 0 aromatic carbocycles. The molecule has 0 fully saturated rings. The van der Waals surface area contributed by atoms with Gasteiger partial charge in [0.2, 0.25) is 0 Å². The standard InChI is InChI=1S/C10H17N3O/c1-3-14-8(2)7-13-10-9(11)5-4-6-12-10/h4-6,8H,3,7,11H2,1-2H3,(H,12,13). The molecule has 0 saturated heterocycles. The van der Waals surface area contributed by atoms with E-state index in [2.05, 4.69) is 10.3 Å². The number of nitrogen functional groups attached to an aromatic ring is 1. The van der Waals surface area contributed by atoms with Gasteiger partial charge in [-0.15, -0.1) is 0 Å². The van der Waals surface area contributed by atoms with E-state index in [0.717, 1.165) is 19.0 Å². The lowest BCUT2D eigenvalue weighted by Gasteiger charge is -2.13. The molecule has 1 heterocycles. The van der Waals surface area contributed by atoms with Gasteiger partial charge >= 0.3 is 0 Å². The van der Waals surface area contributed by atoms with Crippen molar-refractivity contribution in [3.8, 4) is 0 Å². The van der Waals surface area contributed by atoms with Crippen molar-refractivity contribution < 1.29 is 4.74 Å². The Morgan fingerprint density at radius 1 is 1.64 bits per heavy atom. The molecule has 78 valence electrons. The van der Waals surface area contributed by atoms with Gasteiger partial charge in [0.15, 0.2) is 0 Å². The molecule has 0 bridgehead atoms. The van der Waals surface area contributed by atoms with Gasteiger partial charge in [-0.25, -0.2) is 4.98 Å². The van der Waals surface area contributed by atoms with Crippen LogP contribution in [0.3, 0.4) is 0 Å². The molecule has 1 unspecified atom stereocenters. The van der Waals surface area contributed by atoms with Crippen LogP contribution >= 0.6 is 0 Å².